The van der Waals surface area contributed by atoms with Crippen LogP contribution in [0.5, 0.6) is 0 Å². The third-order valence-electron chi connectivity index (χ3n) is 3.86. The number of pyridine rings is 1. The Balaban J connectivity index is 2.06. The highest BCUT2D eigenvalue weighted by molar-refractivity contribution is 6.33. The molecule has 0 radical (unpaired) electrons. The second-order valence-corrected chi connectivity index (χ2v) is 5.30. The van der Waals surface area contributed by atoms with Gasteiger partial charge in [0.25, 0.3) is 0 Å². The van der Waals surface area contributed by atoms with Crippen molar-refractivity contribution in [2.75, 3.05) is 11.9 Å². The number of carboxylic acids is 1. The van der Waals surface area contributed by atoms with E-state index >= 15 is 0 Å². The van der Waals surface area contributed by atoms with Crippen LogP contribution in [-0.2, 0) is 0 Å². The zero-order chi connectivity index (χ0) is 13.2. The van der Waals surface area contributed by atoms with Gasteiger partial charge in [-0.1, -0.05) is 24.9 Å². The number of anilines is 1. The molecule has 1 saturated carbocycles. The van der Waals surface area contributed by atoms with E-state index in [1.54, 1.807) is 12.1 Å². The maximum absolute atomic E-state index is 10.9. The first kappa shape index (κ1) is 13.1. The number of aromatic nitrogens is 1. The Morgan fingerprint density at radius 3 is 2.78 bits per heavy atom. The Hall–Kier alpha value is -1.29. The molecule has 2 rings (SSSR count). The molecule has 98 valence electrons. The van der Waals surface area contributed by atoms with Gasteiger partial charge in [0.15, 0.2) is 5.69 Å². The summed E-state index contributed by atoms with van der Waals surface area (Å²) in [5.74, 6) is -0.519. The molecule has 1 heterocycles. The summed E-state index contributed by atoms with van der Waals surface area (Å²) in [5, 5.41) is 12.3. The Labute approximate surface area is 111 Å². The second-order valence-electron chi connectivity index (χ2n) is 4.89. The maximum Gasteiger partial charge on any atom is 0.356 e. The Bertz CT molecular complexity index is 453. The largest absolute Gasteiger partial charge is 0.476 e. The molecule has 1 fully saturated rings. The van der Waals surface area contributed by atoms with Crippen LogP contribution in [0.2, 0.25) is 5.02 Å². The van der Waals surface area contributed by atoms with Crippen LogP contribution < -0.4 is 5.32 Å². The summed E-state index contributed by atoms with van der Waals surface area (Å²) in [6.07, 6.45) is 4.88. The van der Waals surface area contributed by atoms with Crippen molar-refractivity contribution in [3.63, 3.8) is 0 Å². The van der Waals surface area contributed by atoms with E-state index in [9.17, 15) is 4.79 Å². The van der Waals surface area contributed by atoms with E-state index < -0.39 is 5.97 Å². The SMILES string of the molecule is CCC1(CNc2ccc(Cl)c(C(=O)O)n2)CCC1. The van der Waals surface area contributed by atoms with Gasteiger partial charge < -0.3 is 10.4 Å². The predicted octanol–water partition coefficient (Wildman–Crippen LogP) is 3.43. The third-order valence-corrected chi connectivity index (χ3v) is 4.16. The van der Waals surface area contributed by atoms with E-state index in [0.29, 0.717) is 11.2 Å². The fraction of sp³-hybridized carbons (Fsp3) is 0.538. The standard InChI is InChI=1S/C13H17ClN2O2/c1-2-13(6-3-7-13)8-15-10-5-4-9(14)11(16-10)12(17)18/h4-5H,2-3,6-8H2,1H3,(H,15,16)(H,17,18). The van der Waals surface area contributed by atoms with Crippen LogP contribution in [0.4, 0.5) is 5.82 Å². The first-order valence-corrected chi connectivity index (χ1v) is 6.58. The van der Waals surface area contributed by atoms with Crippen molar-refractivity contribution >= 4 is 23.4 Å². The third kappa shape index (κ3) is 2.58. The molecule has 4 nitrogen and oxygen atoms in total. The predicted molar refractivity (Wildman–Crippen MR) is 71.3 cm³/mol. The zero-order valence-corrected chi connectivity index (χ0v) is 11.1. The van der Waals surface area contributed by atoms with E-state index in [0.717, 1.165) is 13.0 Å². The number of rotatable bonds is 5. The number of carbonyl (C=O) groups is 1. The second kappa shape index (κ2) is 5.14. The molecule has 1 aliphatic carbocycles. The lowest BCUT2D eigenvalue weighted by molar-refractivity contribution is 0.0691. The van der Waals surface area contributed by atoms with Crippen LogP contribution in [0, 0.1) is 5.41 Å². The number of nitrogens with zero attached hydrogens (tertiary/aromatic N) is 1. The molecule has 0 aromatic carbocycles. The highest BCUT2D eigenvalue weighted by Gasteiger charge is 2.34. The highest BCUT2D eigenvalue weighted by Crippen LogP contribution is 2.43. The van der Waals surface area contributed by atoms with E-state index in [2.05, 4.69) is 17.2 Å². The van der Waals surface area contributed by atoms with Gasteiger partial charge >= 0.3 is 5.97 Å². The number of hydrogen-bond acceptors (Lipinski definition) is 3. The van der Waals surface area contributed by atoms with Gasteiger partial charge in [0.2, 0.25) is 0 Å². The van der Waals surface area contributed by atoms with Crippen molar-refractivity contribution in [3.8, 4) is 0 Å². The molecule has 0 spiro atoms. The van der Waals surface area contributed by atoms with Crippen molar-refractivity contribution in [2.45, 2.75) is 32.6 Å². The van der Waals surface area contributed by atoms with Crippen LogP contribution in [0.1, 0.15) is 43.1 Å². The van der Waals surface area contributed by atoms with Gasteiger partial charge in [-0.2, -0.15) is 0 Å². The Morgan fingerprint density at radius 2 is 2.28 bits per heavy atom. The lowest BCUT2D eigenvalue weighted by atomic mass is 9.67. The van der Waals surface area contributed by atoms with Crippen molar-refractivity contribution in [1.29, 1.82) is 0 Å². The van der Waals surface area contributed by atoms with Gasteiger partial charge in [-0.05, 0) is 36.8 Å². The fourth-order valence-electron chi connectivity index (χ4n) is 2.30. The summed E-state index contributed by atoms with van der Waals surface area (Å²) < 4.78 is 0. The van der Waals surface area contributed by atoms with Gasteiger partial charge in [-0.3, -0.25) is 0 Å². The topological polar surface area (TPSA) is 62.2 Å². The van der Waals surface area contributed by atoms with Crippen molar-refractivity contribution in [3.05, 3.63) is 22.8 Å². The van der Waals surface area contributed by atoms with Crippen LogP contribution >= 0.6 is 11.6 Å². The van der Waals surface area contributed by atoms with E-state index in [4.69, 9.17) is 16.7 Å². The average Bonchev–Trinajstić information content (AvgIpc) is 2.30. The van der Waals surface area contributed by atoms with Crippen LogP contribution in [0.3, 0.4) is 0 Å². The molecule has 18 heavy (non-hydrogen) atoms. The Morgan fingerprint density at radius 1 is 1.56 bits per heavy atom. The normalized spacial score (nSPS) is 17.0. The summed E-state index contributed by atoms with van der Waals surface area (Å²) in [4.78, 5) is 14.9. The molecule has 0 saturated heterocycles. The van der Waals surface area contributed by atoms with Gasteiger partial charge in [0.05, 0.1) is 5.02 Å². The van der Waals surface area contributed by atoms with Gasteiger partial charge in [0, 0.05) is 6.54 Å². The van der Waals surface area contributed by atoms with Crippen LogP contribution in [-0.4, -0.2) is 22.6 Å². The first-order valence-electron chi connectivity index (χ1n) is 6.20. The maximum atomic E-state index is 10.9. The van der Waals surface area contributed by atoms with Gasteiger partial charge in [0.1, 0.15) is 5.82 Å². The summed E-state index contributed by atoms with van der Waals surface area (Å²) >= 11 is 5.78. The molecule has 0 atom stereocenters. The first-order chi connectivity index (χ1) is 8.56. The molecule has 5 heteroatoms. The van der Waals surface area contributed by atoms with Crippen LogP contribution in [0.25, 0.3) is 0 Å². The zero-order valence-electron chi connectivity index (χ0n) is 10.4. The lowest BCUT2D eigenvalue weighted by Crippen LogP contribution is -2.36. The summed E-state index contributed by atoms with van der Waals surface area (Å²) in [5.41, 5.74) is 0.269. The highest BCUT2D eigenvalue weighted by atomic mass is 35.5. The minimum absolute atomic E-state index is 0.0965. The number of hydrogen-bond donors (Lipinski definition) is 2. The van der Waals surface area contributed by atoms with Gasteiger partial charge in [-0.25, -0.2) is 9.78 Å². The quantitative estimate of drug-likeness (QED) is 0.859. The van der Waals surface area contributed by atoms with Crippen molar-refractivity contribution in [1.82, 2.24) is 4.98 Å². The molecule has 0 unspecified atom stereocenters. The summed E-state index contributed by atoms with van der Waals surface area (Å²) in [6.45, 7) is 3.04. The van der Waals surface area contributed by atoms with E-state index in [1.807, 2.05) is 0 Å². The number of aromatic carboxylic acids is 1. The monoisotopic (exact) mass is 268 g/mol. The average molecular weight is 269 g/mol. The fourth-order valence-corrected chi connectivity index (χ4v) is 2.49. The number of carboxylic acid groups (broad SMARTS) is 1. The van der Waals surface area contributed by atoms with E-state index in [1.165, 1.54) is 19.3 Å². The number of halogens is 1. The van der Waals surface area contributed by atoms with Crippen molar-refractivity contribution in [2.24, 2.45) is 5.41 Å². The van der Waals surface area contributed by atoms with Crippen molar-refractivity contribution < 1.29 is 9.90 Å². The molecular weight excluding hydrogens is 252 g/mol. The van der Waals surface area contributed by atoms with Crippen LogP contribution in [0.15, 0.2) is 12.1 Å². The molecule has 1 aliphatic rings. The minimum Gasteiger partial charge on any atom is -0.476 e. The Kier molecular flexibility index (Phi) is 3.76. The molecule has 0 bridgehead atoms. The molecular formula is C13H17ClN2O2. The molecule has 1 aromatic heterocycles. The summed E-state index contributed by atoms with van der Waals surface area (Å²) in [7, 11) is 0. The minimum atomic E-state index is -1.10. The molecule has 0 amide bonds. The van der Waals surface area contributed by atoms with Gasteiger partial charge in [-0.15, -0.1) is 0 Å². The molecule has 2 N–H and O–H groups in total. The summed E-state index contributed by atoms with van der Waals surface area (Å²) in [6, 6.07) is 3.29. The lowest BCUT2D eigenvalue weighted by Gasteiger charge is -2.41. The smallest absolute Gasteiger partial charge is 0.356 e. The van der Waals surface area contributed by atoms with E-state index in [-0.39, 0.29) is 10.7 Å². The molecule has 1 aromatic rings. The molecule has 0 aliphatic heterocycles. The number of nitrogens with one attached hydrogen (secondary N) is 1.